The number of hydrogen-bond donors (Lipinski definition) is 0. The first-order valence-corrected chi connectivity index (χ1v) is 8.46. The maximum Gasteiger partial charge on any atom is 0.433 e. The predicted molar refractivity (Wildman–Crippen MR) is 94.6 cm³/mol. The van der Waals surface area contributed by atoms with Crippen LogP contribution in [0.15, 0.2) is 46.9 Å². The molecule has 3 rings (SSSR count). The molecular weight excluding hydrogens is 484 g/mol. The quantitative estimate of drug-likeness (QED) is 0.262. The number of fused-ring (bicyclic) bond motifs is 1. The van der Waals surface area contributed by atoms with Gasteiger partial charge in [-0.05, 0) is 18.2 Å². The van der Waals surface area contributed by atoms with Crippen LogP contribution in [0.25, 0.3) is 22.2 Å². The lowest BCUT2D eigenvalue weighted by Crippen LogP contribution is -2.02. The summed E-state index contributed by atoms with van der Waals surface area (Å²) in [5.74, 6) is 0.128. The molecule has 8 heteroatoms. The molecule has 0 unspecified atom stereocenters. The first-order valence-electron chi connectivity index (χ1n) is 6.08. The Kier molecular flexibility index (Phi) is 4.09. The Balaban J connectivity index is 2.28. The van der Waals surface area contributed by atoms with Gasteiger partial charge in [0.15, 0.2) is 2.14 Å². The van der Waals surface area contributed by atoms with E-state index >= 15 is 0 Å². The number of aromatic nitrogens is 1. The number of halogens is 3. The lowest BCUT2D eigenvalue weighted by molar-refractivity contribution is -0.401. The number of alkyl halides is 3. The van der Waals surface area contributed by atoms with Gasteiger partial charge >= 0.3 is 5.88 Å². The van der Waals surface area contributed by atoms with Gasteiger partial charge in [-0.3, -0.25) is 10.1 Å². The van der Waals surface area contributed by atoms with Gasteiger partial charge in [-0.2, -0.15) is 0 Å². The molecule has 0 saturated heterocycles. The maximum absolute atomic E-state index is 10.8. The summed E-state index contributed by atoms with van der Waals surface area (Å²) in [6, 6.07) is 12.3. The summed E-state index contributed by atoms with van der Waals surface area (Å²) >= 11 is 10.3. The van der Waals surface area contributed by atoms with Crippen LogP contribution in [-0.2, 0) is 2.14 Å². The second-order valence-corrected chi connectivity index (χ2v) is 11.2. The zero-order chi connectivity index (χ0) is 15.9. The molecule has 22 heavy (non-hydrogen) atoms. The molecule has 1 aromatic carbocycles. The van der Waals surface area contributed by atoms with E-state index in [0.717, 1.165) is 16.5 Å². The van der Waals surface area contributed by atoms with E-state index in [1.54, 1.807) is 6.07 Å². The highest BCUT2D eigenvalue weighted by molar-refractivity contribution is 9.38. The highest BCUT2D eigenvalue weighted by Crippen LogP contribution is 2.45. The van der Waals surface area contributed by atoms with Gasteiger partial charge in [-0.25, -0.2) is 4.98 Å². The second-order valence-electron chi connectivity index (χ2n) is 4.46. The Hall–Kier alpha value is -1.25. The van der Waals surface area contributed by atoms with Crippen molar-refractivity contribution in [2.45, 2.75) is 2.14 Å². The van der Waals surface area contributed by atoms with Gasteiger partial charge in [0.1, 0.15) is 10.7 Å². The third-order valence-electron chi connectivity index (χ3n) is 3.04. The van der Waals surface area contributed by atoms with E-state index in [4.69, 9.17) is 4.42 Å². The monoisotopic (exact) mass is 488 g/mol. The molecule has 2 aromatic heterocycles. The zero-order valence-corrected chi connectivity index (χ0v) is 15.6. The SMILES string of the molecule is O=[N+]([O-])c1ccc(-c2cc(C(Br)(Br)Br)nc3ccccc23)o1. The molecule has 0 fully saturated rings. The summed E-state index contributed by atoms with van der Waals surface area (Å²) in [7, 11) is 0. The van der Waals surface area contributed by atoms with Gasteiger partial charge in [0, 0.05) is 10.9 Å². The van der Waals surface area contributed by atoms with Crippen LogP contribution in [0.1, 0.15) is 5.69 Å². The van der Waals surface area contributed by atoms with Crippen molar-refractivity contribution in [3.05, 3.63) is 58.3 Å². The van der Waals surface area contributed by atoms with Gasteiger partial charge in [0.05, 0.1) is 17.3 Å². The summed E-state index contributed by atoms with van der Waals surface area (Å²) in [6.07, 6.45) is 0. The highest BCUT2D eigenvalue weighted by Gasteiger charge is 2.25. The molecule has 112 valence electrons. The standard InChI is InChI=1S/C14H7Br3N2O3/c15-14(16,17)12-7-9(8-3-1-2-4-10(8)18-12)11-5-6-13(22-11)19(20)21/h1-7H. The van der Waals surface area contributed by atoms with Crippen molar-refractivity contribution in [3.63, 3.8) is 0 Å². The molecule has 3 aromatic rings. The summed E-state index contributed by atoms with van der Waals surface area (Å²) in [5, 5.41) is 11.7. The smallest absolute Gasteiger partial charge is 0.401 e. The molecule has 0 bridgehead atoms. The Morgan fingerprint density at radius 1 is 1.14 bits per heavy atom. The molecule has 0 saturated carbocycles. The minimum Gasteiger partial charge on any atom is -0.401 e. The molecule has 0 N–H and O–H groups in total. The Labute approximate surface area is 150 Å². The number of pyridine rings is 1. The van der Waals surface area contributed by atoms with E-state index in [1.807, 2.05) is 30.3 Å². The molecule has 0 radical (unpaired) electrons. The maximum atomic E-state index is 10.8. The summed E-state index contributed by atoms with van der Waals surface area (Å²) in [5.41, 5.74) is 2.16. The van der Waals surface area contributed by atoms with Crippen LogP contribution in [0.3, 0.4) is 0 Å². The Morgan fingerprint density at radius 2 is 1.86 bits per heavy atom. The van der Waals surface area contributed by atoms with E-state index in [9.17, 15) is 10.1 Å². The van der Waals surface area contributed by atoms with Crippen LogP contribution in [0, 0.1) is 10.1 Å². The number of hydrogen-bond acceptors (Lipinski definition) is 4. The Bertz CT molecular complexity index is 871. The van der Waals surface area contributed by atoms with Gasteiger partial charge in [0.2, 0.25) is 0 Å². The average molecular weight is 491 g/mol. The van der Waals surface area contributed by atoms with Crippen LogP contribution in [0.4, 0.5) is 5.88 Å². The van der Waals surface area contributed by atoms with Crippen molar-refractivity contribution in [3.8, 4) is 11.3 Å². The van der Waals surface area contributed by atoms with Crippen LogP contribution < -0.4 is 0 Å². The number of nitrogens with zero attached hydrogens (tertiary/aromatic N) is 2. The van der Waals surface area contributed by atoms with E-state index in [0.29, 0.717) is 11.5 Å². The Morgan fingerprint density at radius 3 is 2.50 bits per heavy atom. The average Bonchev–Trinajstić information content (AvgIpc) is 2.95. The van der Waals surface area contributed by atoms with Crippen molar-refractivity contribution in [1.29, 1.82) is 0 Å². The third kappa shape index (κ3) is 2.95. The van der Waals surface area contributed by atoms with E-state index in [1.165, 1.54) is 6.07 Å². The zero-order valence-electron chi connectivity index (χ0n) is 10.8. The van der Waals surface area contributed by atoms with Gasteiger partial charge in [-0.1, -0.05) is 66.0 Å². The molecular formula is C14H7Br3N2O3. The summed E-state index contributed by atoms with van der Waals surface area (Å²) in [6.45, 7) is 0. The first kappa shape index (κ1) is 15.6. The van der Waals surface area contributed by atoms with Gasteiger partial charge in [0.25, 0.3) is 0 Å². The number of para-hydroxylation sites is 1. The molecule has 2 heterocycles. The van der Waals surface area contributed by atoms with E-state index in [-0.39, 0.29) is 5.88 Å². The van der Waals surface area contributed by atoms with Crippen molar-refractivity contribution in [1.82, 2.24) is 4.98 Å². The van der Waals surface area contributed by atoms with E-state index < -0.39 is 7.07 Å². The molecule has 0 spiro atoms. The number of benzene rings is 1. The fraction of sp³-hybridized carbons (Fsp3) is 0.0714. The lowest BCUT2D eigenvalue weighted by Gasteiger charge is -2.14. The van der Waals surface area contributed by atoms with Crippen molar-refractivity contribution in [2.75, 3.05) is 0 Å². The minimum atomic E-state index is -0.690. The molecule has 0 aliphatic carbocycles. The van der Waals surface area contributed by atoms with Crippen LogP contribution in [0.2, 0.25) is 0 Å². The fourth-order valence-electron chi connectivity index (χ4n) is 2.10. The molecule has 0 atom stereocenters. The normalized spacial score (nSPS) is 11.8. The predicted octanol–water partition coefficient (Wildman–Crippen LogP) is 5.70. The lowest BCUT2D eigenvalue weighted by atomic mass is 10.1. The molecule has 0 aliphatic rings. The minimum absolute atomic E-state index is 0.291. The second kappa shape index (κ2) is 5.75. The fourth-order valence-corrected chi connectivity index (χ4v) is 2.70. The van der Waals surface area contributed by atoms with Gasteiger partial charge < -0.3 is 4.42 Å². The van der Waals surface area contributed by atoms with Crippen LogP contribution >= 0.6 is 47.8 Å². The van der Waals surface area contributed by atoms with Crippen molar-refractivity contribution >= 4 is 64.6 Å². The largest absolute Gasteiger partial charge is 0.433 e. The van der Waals surface area contributed by atoms with Crippen molar-refractivity contribution in [2.24, 2.45) is 0 Å². The van der Waals surface area contributed by atoms with Crippen LogP contribution in [0.5, 0.6) is 0 Å². The molecule has 0 amide bonds. The number of nitro groups is 1. The molecule has 5 nitrogen and oxygen atoms in total. The number of rotatable bonds is 2. The van der Waals surface area contributed by atoms with Crippen LogP contribution in [-0.4, -0.2) is 9.91 Å². The topological polar surface area (TPSA) is 69.2 Å². The van der Waals surface area contributed by atoms with E-state index in [2.05, 4.69) is 52.8 Å². The summed E-state index contributed by atoms with van der Waals surface area (Å²) < 4.78 is 4.64. The first-order chi connectivity index (χ1) is 10.4. The van der Waals surface area contributed by atoms with Crippen molar-refractivity contribution < 1.29 is 9.34 Å². The van der Waals surface area contributed by atoms with Gasteiger partial charge in [-0.15, -0.1) is 0 Å². The number of furan rings is 1. The molecule has 0 aliphatic heterocycles. The summed E-state index contributed by atoms with van der Waals surface area (Å²) in [4.78, 5) is 14.8. The highest BCUT2D eigenvalue weighted by atomic mass is 80.0. The third-order valence-corrected chi connectivity index (χ3v) is 4.26.